The summed E-state index contributed by atoms with van der Waals surface area (Å²) in [7, 11) is -1.97. The molecule has 0 radical (unpaired) electrons. The minimum absolute atomic E-state index is 0.100. The maximum atomic E-state index is 13.9. The molecule has 1 aromatic heterocycles. The lowest BCUT2D eigenvalue weighted by Gasteiger charge is -2.34. The highest BCUT2D eigenvalue weighted by atomic mass is 32.2. The van der Waals surface area contributed by atoms with Gasteiger partial charge in [-0.25, -0.2) is 22.2 Å². The first-order valence-corrected chi connectivity index (χ1v) is 12.9. The minimum Gasteiger partial charge on any atom is -0.497 e. The van der Waals surface area contributed by atoms with Crippen molar-refractivity contribution in [2.45, 2.75) is 17.7 Å². The maximum absolute atomic E-state index is 13.9. The van der Waals surface area contributed by atoms with Gasteiger partial charge in [0.25, 0.3) is 0 Å². The first-order valence-electron chi connectivity index (χ1n) is 10.4. The number of methoxy groups -OCH3 is 1. The number of hydrogen-bond acceptors (Lipinski definition) is 7. The molecule has 0 aliphatic carbocycles. The third-order valence-corrected chi connectivity index (χ3v) is 8.41. The summed E-state index contributed by atoms with van der Waals surface area (Å²) in [6, 6.07) is 8.26. The summed E-state index contributed by atoms with van der Waals surface area (Å²) >= 11 is 1.22. The molecule has 176 valence electrons. The highest BCUT2D eigenvalue weighted by Gasteiger charge is 2.24. The highest BCUT2D eigenvalue weighted by Crippen LogP contribution is 2.31. The van der Waals surface area contributed by atoms with E-state index in [1.54, 1.807) is 17.0 Å². The fraction of sp³-hybridized carbons (Fsp3) is 0.364. The van der Waals surface area contributed by atoms with Gasteiger partial charge in [0.15, 0.2) is 20.8 Å². The van der Waals surface area contributed by atoms with E-state index in [0.717, 1.165) is 6.07 Å². The molecule has 1 aliphatic rings. The lowest BCUT2D eigenvalue weighted by molar-refractivity contribution is -0.131. The summed E-state index contributed by atoms with van der Waals surface area (Å²) in [4.78, 5) is 20.7. The van der Waals surface area contributed by atoms with Crippen LogP contribution < -0.4 is 9.64 Å². The third-order valence-electron chi connectivity index (χ3n) is 5.53. The topological polar surface area (TPSA) is 79.8 Å². The number of benzene rings is 2. The number of piperazine rings is 1. The van der Waals surface area contributed by atoms with Crippen molar-refractivity contribution in [2.75, 3.05) is 43.9 Å². The van der Waals surface area contributed by atoms with Crippen molar-refractivity contribution >= 4 is 42.4 Å². The zero-order valence-electron chi connectivity index (χ0n) is 18.0. The van der Waals surface area contributed by atoms with Gasteiger partial charge in [0.05, 0.1) is 22.5 Å². The molecule has 3 aromatic rings. The Morgan fingerprint density at radius 1 is 1.12 bits per heavy atom. The minimum atomic E-state index is -3.47. The van der Waals surface area contributed by atoms with Gasteiger partial charge in [-0.1, -0.05) is 11.3 Å². The zero-order valence-corrected chi connectivity index (χ0v) is 19.6. The molecule has 0 spiro atoms. The van der Waals surface area contributed by atoms with Gasteiger partial charge in [-0.05, 0) is 36.8 Å². The van der Waals surface area contributed by atoms with Crippen molar-refractivity contribution in [3.05, 3.63) is 48.0 Å². The summed E-state index contributed by atoms with van der Waals surface area (Å²) in [5.74, 6) is -0.965. The number of aromatic nitrogens is 1. The molecule has 11 heteroatoms. The molecular weight excluding hydrogens is 472 g/mol. The fourth-order valence-electron chi connectivity index (χ4n) is 3.70. The molecule has 1 amide bonds. The standard InChI is InChI=1S/C22H23F2N3O4S2/c1-31-16-4-6-17(7-5-16)33(29,30)12-2-3-20(28)26-8-10-27(11-9-26)22-25-21-18(24)13-15(23)14-19(21)32-22/h4-7,13-14H,2-3,8-12H2,1H3. The molecule has 0 bridgehead atoms. The van der Waals surface area contributed by atoms with Crippen LogP contribution in [-0.4, -0.2) is 63.3 Å². The second kappa shape index (κ2) is 9.60. The number of thiazole rings is 1. The Bertz CT molecular complexity index is 1250. The first-order chi connectivity index (χ1) is 15.8. The van der Waals surface area contributed by atoms with Crippen molar-refractivity contribution < 1.29 is 26.7 Å². The summed E-state index contributed by atoms with van der Waals surface area (Å²) in [5.41, 5.74) is 0.146. The lowest BCUT2D eigenvalue weighted by atomic mass is 10.2. The molecular formula is C22H23F2N3O4S2. The van der Waals surface area contributed by atoms with Crippen molar-refractivity contribution in [2.24, 2.45) is 0 Å². The van der Waals surface area contributed by atoms with E-state index < -0.39 is 21.5 Å². The number of halogens is 2. The van der Waals surface area contributed by atoms with Gasteiger partial charge < -0.3 is 14.5 Å². The number of anilines is 1. The van der Waals surface area contributed by atoms with Gasteiger partial charge in [-0.15, -0.1) is 0 Å². The highest BCUT2D eigenvalue weighted by molar-refractivity contribution is 7.91. The molecule has 0 N–H and O–H groups in total. The quantitative estimate of drug-likeness (QED) is 0.499. The van der Waals surface area contributed by atoms with Crippen molar-refractivity contribution in [3.63, 3.8) is 0 Å². The third kappa shape index (κ3) is 5.25. The number of hydrogen-bond donors (Lipinski definition) is 0. The van der Waals surface area contributed by atoms with Crippen LogP contribution in [0.25, 0.3) is 10.2 Å². The van der Waals surface area contributed by atoms with Gasteiger partial charge in [-0.2, -0.15) is 0 Å². The molecule has 0 unspecified atom stereocenters. The van der Waals surface area contributed by atoms with E-state index in [-0.39, 0.29) is 34.9 Å². The number of amides is 1. The van der Waals surface area contributed by atoms with E-state index in [4.69, 9.17) is 4.74 Å². The van der Waals surface area contributed by atoms with E-state index in [9.17, 15) is 22.0 Å². The molecule has 4 rings (SSSR count). The number of rotatable bonds is 7. The van der Waals surface area contributed by atoms with Crippen molar-refractivity contribution in [1.82, 2.24) is 9.88 Å². The van der Waals surface area contributed by atoms with Crippen LogP contribution >= 0.6 is 11.3 Å². The fourth-order valence-corrected chi connectivity index (χ4v) is 6.07. The van der Waals surface area contributed by atoms with E-state index in [2.05, 4.69) is 4.98 Å². The molecule has 0 atom stereocenters. The van der Waals surface area contributed by atoms with Crippen LogP contribution in [0.4, 0.5) is 13.9 Å². The summed E-state index contributed by atoms with van der Waals surface area (Å²) in [6.45, 7) is 1.94. The van der Waals surface area contributed by atoms with Crippen LogP contribution in [0.5, 0.6) is 5.75 Å². The van der Waals surface area contributed by atoms with Crippen molar-refractivity contribution in [3.8, 4) is 5.75 Å². The van der Waals surface area contributed by atoms with Crippen LogP contribution in [0.2, 0.25) is 0 Å². The number of sulfone groups is 1. The average molecular weight is 496 g/mol. The van der Waals surface area contributed by atoms with Crippen LogP contribution in [0.15, 0.2) is 41.3 Å². The number of carbonyl (C=O) groups excluding carboxylic acids is 1. The number of ether oxygens (including phenoxy) is 1. The summed E-state index contributed by atoms with van der Waals surface area (Å²) in [6.07, 6.45) is 0.372. The second-order valence-corrected chi connectivity index (χ2v) is 10.8. The Kier molecular flexibility index (Phi) is 6.80. The zero-order chi connectivity index (χ0) is 23.6. The van der Waals surface area contributed by atoms with Crippen LogP contribution in [0.3, 0.4) is 0 Å². The van der Waals surface area contributed by atoms with Crippen LogP contribution in [-0.2, 0) is 14.6 Å². The van der Waals surface area contributed by atoms with Gasteiger partial charge in [0.2, 0.25) is 5.91 Å². The predicted molar refractivity (Wildman–Crippen MR) is 123 cm³/mol. The van der Waals surface area contributed by atoms with E-state index in [0.29, 0.717) is 41.8 Å². The molecule has 1 aliphatic heterocycles. The molecule has 0 saturated carbocycles. The number of nitrogens with zero attached hydrogens (tertiary/aromatic N) is 3. The summed E-state index contributed by atoms with van der Waals surface area (Å²) < 4.78 is 57.8. The average Bonchev–Trinajstić information content (AvgIpc) is 3.23. The molecule has 2 aromatic carbocycles. The molecule has 33 heavy (non-hydrogen) atoms. The Hall–Kier alpha value is -2.79. The monoisotopic (exact) mass is 495 g/mol. The Morgan fingerprint density at radius 3 is 2.48 bits per heavy atom. The largest absolute Gasteiger partial charge is 0.497 e. The SMILES string of the molecule is COc1ccc(S(=O)(=O)CCCC(=O)N2CCN(c3nc4c(F)cc(F)cc4s3)CC2)cc1. The second-order valence-electron chi connectivity index (χ2n) is 7.70. The lowest BCUT2D eigenvalue weighted by Crippen LogP contribution is -2.48. The van der Waals surface area contributed by atoms with Gasteiger partial charge in [-0.3, -0.25) is 4.79 Å². The number of fused-ring (bicyclic) bond motifs is 1. The van der Waals surface area contributed by atoms with E-state index in [1.165, 1.54) is 36.6 Å². The van der Waals surface area contributed by atoms with Gasteiger partial charge in [0, 0.05) is 38.7 Å². The predicted octanol–water partition coefficient (Wildman–Crippen LogP) is 3.49. The van der Waals surface area contributed by atoms with Crippen molar-refractivity contribution in [1.29, 1.82) is 0 Å². The Balaban J connectivity index is 1.28. The Labute approximate surface area is 194 Å². The Morgan fingerprint density at radius 2 is 1.82 bits per heavy atom. The smallest absolute Gasteiger partial charge is 0.222 e. The van der Waals surface area contributed by atoms with Crippen LogP contribution in [0, 0.1) is 11.6 Å². The first kappa shape index (κ1) is 23.4. The maximum Gasteiger partial charge on any atom is 0.222 e. The molecule has 1 saturated heterocycles. The van der Waals surface area contributed by atoms with E-state index in [1.807, 2.05) is 4.90 Å². The molecule has 7 nitrogen and oxygen atoms in total. The molecule has 1 fully saturated rings. The van der Waals surface area contributed by atoms with Gasteiger partial charge >= 0.3 is 0 Å². The van der Waals surface area contributed by atoms with Crippen LogP contribution in [0.1, 0.15) is 12.8 Å². The van der Waals surface area contributed by atoms with Gasteiger partial charge in [0.1, 0.15) is 17.1 Å². The molecule has 2 heterocycles. The summed E-state index contributed by atoms with van der Waals surface area (Å²) in [5, 5.41) is 0.590. The normalized spacial score (nSPS) is 14.6. The van der Waals surface area contributed by atoms with E-state index >= 15 is 0 Å². The number of carbonyl (C=O) groups is 1.